The molecule has 3 rings (SSSR count). The highest BCUT2D eigenvalue weighted by atomic mass is 79.9. The van der Waals surface area contributed by atoms with E-state index < -0.39 is 0 Å². The lowest BCUT2D eigenvalue weighted by molar-refractivity contribution is 0.866. The van der Waals surface area contributed by atoms with Gasteiger partial charge in [-0.2, -0.15) is 10.1 Å². The second-order valence-electron chi connectivity index (χ2n) is 5.57. The molecule has 6 heteroatoms. The largest absolute Gasteiger partial charge is 0.354 e. The van der Waals surface area contributed by atoms with E-state index in [1.165, 1.54) is 5.56 Å². The van der Waals surface area contributed by atoms with Gasteiger partial charge >= 0.3 is 0 Å². The summed E-state index contributed by atoms with van der Waals surface area (Å²) < 4.78 is 1.07. The third-order valence-corrected chi connectivity index (χ3v) is 4.50. The van der Waals surface area contributed by atoms with Crippen molar-refractivity contribution in [2.45, 2.75) is 13.5 Å². The molecule has 122 valence electrons. The summed E-state index contributed by atoms with van der Waals surface area (Å²) in [6, 6.07) is 16.3. The van der Waals surface area contributed by atoms with E-state index >= 15 is 0 Å². The molecule has 0 spiro atoms. The molecule has 0 bridgehead atoms. The van der Waals surface area contributed by atoms with Gasteiger partial charge in [-0.05, 0) is 36.2 Å². The fourth-order valence-electron chi connectivity index (χ4n) is 2.32. The van der Waals surface area contributed by atoms with Gasteiger partial charge in [-0.25, -0.2) is 0 Å². The molecule has 1 heterocycles. The van der Waals surface area contributed by atoms with E-state index in [1.54, 1.807) is 6.20 Å². The number of aryl methyl sites for hydroxylation is 1. The first-order chi connectivity index (χ1) is 11.6. The molecule has 3 aromatic rings. The topological polar surface area (TPSA) is 53.9 Å². The van der Waals surface area contributed by atoms with Gasteiger partial charge in [-0.1, -0.05) is 46.3 Å². The number of nitrogens with one attached hydrogen (secondary N) is 1. The van der Waals surface area contributed by atoms with Crippen molar-refractivity contribution in [1.29, 1.82) is 0 Å². The van der Waals surface area contributed by atoms with Crippen LogP contribution in [0.2, 0.25) is 0 Å². The minimum Gasteiger partial charge on any atom is -0.354 e. The third-order valence-electron chi connectivity index (χ3n) is 3.61. The van der Waals surface area contributed by atoms with Crippen molar-refractivity contribution in [3.8, 4) is 0 Å². The highest BCUT2D eigenvalue weighted by Crippen LogP contribution is 2.22. The molecular formula is C18H18BrN5. The summed E-state index contributed by atoms with van der Waals surface area (Å²) in [7, 11) is 1.99. The molecule has 0 aliphatic carbocycles. The standard InChI is InChI=1S/C18H18BrN5/c1-13-10-15(8-9-16(13)19)21-18-22-17(11-20-23-18)24(2)12-14-6-4-3-5-7-14/h3-11H,12H2,1-2H3,(H,21,22,23). The van der Waals surface area contributed by atoms with E-state index in [4.69, 9.17) is 0 Å². The molecule has 0 saturated carbocycles. The van der Waals surface area contributed by atoms with Crippen molar-refractivity contribution in [1.82, 2.24) is 15.2 Å². The van der Waals surface area contributed by atoms with Gasteiger partial charge in [-0.3, -0.25) is 0 Å². The summed E-state index contributed by atoms with van der Waals surface area (Å²) >= 11 is 3.50. The zero-order chi connectivity index (χ0) is 16.9. The normalized spacial score (nSPS) is 10.5. The van der Waals surface area contributed by atoms with Gasteiger partial charge in [0, 0.05) is 23.8 Å². The van der Waals surface area contributed by atoms with Gasteiger partial charge in [-0.15, -0.1) is 5.10 Å². The van der Waals surface area contributed by atoms with Gasteiger partial charge in [0.05, 0.1) is 6.20 Å². The summed E-state index contributed by atoms with van der Waals surface area (Å²) in [6.45, 7) is 2.80. The third kappa shape index (κ3) is 4.08. The first-order valence-corrected chi connectivity index (χ1v) is 8.39. The summed E-state index contributed by atoms with van der Waals surface area (Å²) in [5.74, 6) is 1.25. The second kappa shape index (κ2) is 7.40. The van der Waals surface area contributed by atoms with Crippen LogP contribution in [0, 0.1) is 6.92 Å². The minimum absolute atomic E-state index is 0.481. The number of anilines is 3. The molecule has 0 amide bonds. The van der Waals surface area contributed by atoms with E-state index in [9.17, 15) is 0 Å². The number of halogens is 1. The van der Waals surface area contributed by atoms with Crippen molar-refractivity contribution < 1.29 is 0 Å². The number of hydrogen-bond donors (Lipinski definition) is 1. The van der Waals surface area contributed by atoms with E-state index in [0.717, 1.165) is 28.1 Å². The monoisotopic (exact) mass is 383 g/mol. The Bertz CT molecular complexity index is 823. The van der Waals surface area contributed by atoms with Crippen LogP contribution in [-0.2, 0) is 6.54 Å². The number of rotatable bonds is 5. The highest BCUT2D eigenvalue weighted by Gasteiger charge is 2.07. The molecule has 0 radical (unpaired) electrons. The molecular weight excluding hydrogens is 366 g/mol. The van der Waals surface area contributed by atoms with Crippen molar-refractivity contribution in [3.05, 3.63) is 70.3 Å². The molecule has 0 saturated heterocycles. The lowest BCUT2D eigenvalue weighted by atomic mass is 10.2. The van der Waals surface area contributed by atoms with Gasteiger partial charge < -0.3 is 10.2 Å². The van der Waals surface area contributed by atoms with Crippen LogP contribution < -0.4 is 10.2 Å². The van der Waals surface area contributed by atoms with E-state index in [1.807, 2.05) is 55.3 Å². The molecule has 0 unspecified atom stereocenters. The Labute approximate surface area is 149 Å². The predicted octanol–water partition coefficient (Wildman–Crippen LogP) is 4.32. The Morgan fingerprint density at radius 2 is 1.92 bits per heavy atom. The van der Waals surface area contributed by atoms with Crippen LogP contribution in [0.15, 0.2) is 59.2 Å². The van der Waals surface area contributed by atoms with Gasteiger partial charge in [0.25, 0.3) is 0 Å². The quantitative estimate of drug-likeness (QED) is 0.710. The van der Waals surface area contributed by atoms with Crippen molar-refractivity contribution in [2.24, 2.45) is 0 Å². The maximum absolute atomic E-state index is 4.55. The first-order valence-electron chi connectivity index (χ1n) is 7.60. The number of aromatic nitrogens is 3. The van der Waals surface area contributed by atoms with E-state index in [-0.39, 0.29) is 0 Å². The van der Waals surface area contributed by atoms with E-state index in [2.05, 4.69) is 48.6 Å². The van der Waals surface area contributed by atoms with Crippen LogP contribution in [0.3, 0.4) is 0 Å². The average molecular weight is 384 g/mol. The summed E-state index contributed by atoms with van der Waals surface area (Å²) in [5, 5.41) is 11.3. The van der Waals surface area contributed by atoms with E-state index in [0.29, 0.717) is 5.95 Å². The summed E-state index contributed by atoms with van der Waals surface area (Å²) in [6.07, 6.45) is 1.67. The Morgan fingerprint density at radius 1 is 1.12 bits per heavy atom. The molecule has 1 aromatic heterocycles. The van der Waals surface area contributed by atoms with Crippen molar-refractivity contribution in [3.63, 3.8) is 0 Å². The van der Waals surface area contributed by atoms with Gasteiger partial charge in [0.15, 0.2) is 5.82 Å². The molecule has 5 nitrogen and oxygen atoms in total. The van der Waals surface area contributed by atoms with Crippen LogP contribution in [0.5, 0.6) is 0 Å². The SMILES string of the molecule is Cc1cc(Nc2nncc(N(C)Cc3ccccc3)n2)ccc1Br. The van der Waals surface area contributed by atoms with Crippen LogP contribution in [-0.4, -0.2) is 22.2 Å². The van der Waals surface area contributed by atoms with Crippen LogP contribution >= 0.6 is 15.9 Å². The second-order valence-corrected chi connectivity index (χ2v) is 6.42. The first kappa shape index (κ1) is 16.4. The molecule has 0 aliphatic heterocycles. The highest BCUT2D eigenvalue weighted by molar-refractivity contribution is 9.10. The smallest absolute Gasteiger partial charge is 0.249 e. The fourth-order valence-corrected chi connectivity index (χ4v) is 2.57. The number of hydrogen-bond acceptors (Lipinski definition) is 5. The Kier molecular flexibility index (Phi) is 5.05. The molecule has 24 heavy (non-hydrogen) atoms. The Balaban J connectivity index is 1.74. The Hall–Kier alpha value is -2.47. The minimum atomic E-state index is 0.481. The molecule has 0 atom stereocenters. The molecule has 2 aromatic carbocycles. The zero-order valence-corrected chi connectivity index (χ0v) is 15.2. The number of nitrogens with zero attached hydrogens (tertiary/aromatic N) is 4. The zero-order valence-electron chi connectivity index (χ0n) is 13.6. The van der Waals surface area contributed by atoms with Crippen molar-refractivity contribution >= 4 is 33.4 Å². The summed E-state index contributed by atoms with van der Waals surface area (Å²) in [4.78, 5) is 6.59. The van der Waals surface area contributed by atoms with Crippen LogP contribution in [0.25, 0.3) is 0 Å². The summed E-state index contributed by atoms with van der Waals surface area (Å²) in [5.41, 5.74) is 3.29. The fraction of sp³-hybridized carbons (Fsp3) is 0.167. The average Bonchev–Trinajstić information content (AvgIpc) is 2.59. The van der Waals surface area contributed by atoms with Crippen molar-refractivity contribution in [2.75, 3.05) is 17.3 Å². The lowest BCUT2D eigenvalue weighted by Crippen LogP contribution is -2.18. The number of benzene rings is 2. The molecule has 0 fully saturated rings. The lowest BCUT2D eigenvalue weighted by Gasteiger charge is -2.18. The van der Waals surface area contributed by atoms with Gasteiger partial charge in [0.1, 0.15) is 0 Å². The maximum atomic E-state index is 4.55. The molecule has 0 aliphatic rings. The van der Waals surface area contributed by atoms with Crippen LogP contribution in [0.1, 0.15) is 11.1 Å². The predicted molar refractivity (Wildman–Crippen MR) is 101 cm³/mol. The maximum Gasteiger partial charge on any atom is 0.249 e. The van der Waals surface area contributed by atoms with Gasteiger partial charge in [0.2, 0.25) is 5.95 Å². The van der Waals surface area contributed by atoms with Crippen LogP contribution in [0.4, 0.5) is 17.5 Å². The molecule has 1 N–H and O–H groups in total. The Morgan fingerprint density at radius 3 is 2.67 bits per heavy atom.